The number of carbonyl (C=O) groups excluding carboxylic acids is 3. The first-order valence-electron chi connectivity index (χ1n) is 4.02. The summed E-state index contributed by atoms with van der Waals surface area (Å²) in [6.45, 7) is -0.399. The van der Waals surface area contributed by atoms with Crippen molar-refractivity contribution in [2.24, 2.45) is 0 Å². The van der Waals surface area contributed by atoms with Crippen molar-refractivity contribution in [3.63, 3.8) is 0 Å². The van der Waals surface area contributed by atoms with Gasteiger partial charge in [-0.1, -0.05) is 18.2 Å². The van der Waals surface area contributed by atoms with Crippen molar-refractivity contribution in [1.29, 1.82) is 0 Å². The third-order valence-electron chi connectivity index (χ3n) is 1.10. The Labute approximate surface area is 96.7 Å². The summed E-state index contributed by atoms with van der Waals surface area (Å²) in [4.78, 5) is 26.4. The number of isocyanates is 2. The van der Waals surface area contributed by atoms with Crippen LogP contribution in [-0.2, 0) is 14.4 Å². The SMILES string of the molecule is O=C([O-])COc1ccccc1.[N-]=C=O.[N-]=C=O. The molecule has 90 valence electrons. The van der Waals surface area contributed by atoms with Crippen LogP contribution < -0.4 is 9.84 Å². The number of rotatable bonds is 3. The highest BCUT2D eigenvalue weighted by Gasteiger charge is 1.89. The Bertz CT molecular complexity index is 367. The van der Waals surface area contributed by atoms with Gasteiger partial charge in [-0.05, 0) is 24.3 Å². The molecule has 0 N–H and O–H groups in total. The predicted molar refractivity (Wildman–Crippen MR) is 55.0 cm³/mol. The molecule has 0 radical (unpaired) electrons. The van der Waals surface area contributed by atoms with Crippen LogP contribution in [0.25, 0.3) is 10.8 Å². The lowest BCUT2D eigenvalue weighted by molar-refractivity contribution is -0.307. The first-order chi connectivity index (χ1) is 8.12. The molecule has 0 aliphatic carbocycles. The van der Waals surface area contributed by atoms with Crippen LogP contribution in [0.3, 0.4) is 0 Å². The van der Waals surface area contributed by atoms with E-state index in [-0.39, 0.29) is 0 Å². The Balaban J connectivity index is 0. The zero-order valence-corrected chi connectivity index (χ0v) is 8.53. The maximum atomic E-state index is 9.94. The number of hydrogen-bond donors (Lipinski definition) is 0. The monoisotopic (exact) mass is 235 g/mol. The summed E-state index contributed by atoms with van der Waals surface area (Å²) >= 11 is 0. The molecule has 1 rings (SSSR count). The Morgan fingerprint density at radius 2 is 1.59 bits per heavy atom. The third-order valence-corrected chi connectivity index (χ3v) is 1.10. The standard InChI is InChI=1S/C8H8O3.2CNO/c9-8(10)6-11-7-4-2-1-3-5-7;2*2-1-3/h1-5H,6H2,(H,9,10);;/q;2*-1/p-1. The number of para-hydroxylation sites is 1. The van der Waals surface area contributed by atoms with Gasteiger partial charge in [0.05, 0.1) is 5.97 Å². The number of carboxylic acids is 1. The fourth-order valence-electron chi connectivity index (χ4n) is 0.659. The van der Waals surface area contributed by atoms with Crippen LogP contribution in [0.4, 0.5) is 0 Å². The molecule has 17 heavy (non-hydrogen) atoms. The van der Waals surface area contributed by atoms with Crippen molar-refractivity contribution in [2.45, 2.75) is 0 Å². The van der Waals surface area contributed by atoms with Gasteiger partial charge in [-0.2, -0.15) is 0 Å². The zero-order valence-electron chi connectivity index (χ0n) is 8.53. The van der Waals surface area contributed by atoms with Gasteiger partial charge in [0.25, 0.3) is 0 Å². The second kappa shape index (κ2) is 13.2. The minimum atomic E-state index is -1.21. The van der Waals surface area contributed by atoms with Crippen LogP contribution in [0.5, 0.6) is 5.75 Å². The average molecular weight is 235 g/mol. The van der Waals surface area contributed by atoms with Crippen molar-refractivity contribution < 1.29 is 24.2 Å². The van der Waals surface area contributed by atoms with Crippen LogP contribution >= 0.6 is 0 Å². The van der Waals surface area contributed by atoms with Crippen molar-refractivity contribution in [3.8, 4) is 5.75 Å². The summed E-state index contributed by atoms with van der Waals surface area (Å²) < 4.78 is 4.81. The van der Waals surface area contributed by atoms with E-state index < -0.39 is 12.6 Å². The van der Waals surface area contributed by atoms with Crippen LogP contribution in [0, 0.1) is 0 Å². The lowest BCUT2D eigenvalue weighted by Gasteiger charge is -2.04. The maximum Gasteiger partial charge on any atom is 0.128 e. The number of nitrogens with zero attached hydrogens (tertiary/aromatic N) is 2. The minimum absolute atomic E-state index is 0.399. The summed E-state index contributed by atoms with van der Waals surface area (Å²) in [7, 11) is 0. The Morgan fingerprint density at radius 3 is 1.94 bits per heavy atom. The second-order valence-corrected chi connectivity index (χ2v) is 2.16. The number of benzene rings is 1. The molecule has 0 aromatic heterocycles. The van der Waals surface area contributed by atoms with Gasteiger partial charge >= 0.3 is 0 Å². The van der Waals surface area contributed by atoms with Crippen molar-refractivity contribution in [3.05, 3.63) is 41.2 Å². The van der Waals surface area contributed by atoms with E-state index in [1.807, 2.05) is 6.07 Å². The largest absolute Gasteiger partial charge is 0.724 e. The van der Waals surface area contributed by atoms with E-state index in [0.717, 1.165) is 0 Å². The number of hydrogen-bond acceptors (Lipinski definition) is 5. The molecule has 0 saturated heterocycles. The van der Waals surface area contributed by atoms with Gasteiger partial charge in [0.15, 0.2) is 0 Å². The van der Waals surface area contributed by atoms with Gasteiger partial charge in [-0.25, -0.2) is 0 Å². The molecule has 7 nitrogen and oxygen atoms in total. The van der Waals surface area contributed by atoms with Crippen molar-refractivity contribution in [1.82, 2.24) is 0 Å². The average Bonchev–Trinajstić information content (AvgIpc) is 2.30. The van der Waals surface area contributed by atoms with E-state index in [1.54, 1.807) is 24.3 Å². The van der Waals surface area contributed by atoms with Gasteiger partial charge < -0.3 is 25.5 Å². The fourth-order valence-corrected chi connectivity index (χ4v) is 0.659. The van der Waals surface area contributed by atoms with Crippen LogP contribution in [0.2, 0.25) is 0 Å². The molecule has 0 fully saturated rings. The molecule has 0 aliphatic heterocycles. The molecule has 0 heterocycles. The van der Waals surface area contributed by atoms with E-state index in [0.29, 0.717) is 17.9 Å². The number of ether oxygens (including phenoxy) is 1. The zero-order chi connectivity index (χ0) is 13.5. The highest BCUT2D eigenvalue weighted by molar-refractivity contribution is 5.66. The number of carboxylic acid groups (broad SMARTS) is 1. The number of aliphatic carboxylic acids is 1. The van der Waals surface area contributed by atoms with Gasteiger partial charge in [0.2, 0.25) is 0 Å². The van der Waals surface area contributed by atoms with Gasteiger partial charge in [0, 0.05) is 0 Å². The van der Waals surface area contributed by atoms with Gasteiger partial charge in [0.1, 0.15) is 12.4 Å². The van der Waals surface area contributed by atoms with E-state index in [2.05, 4.69) is 0 Å². The first kappa shape index (κ1) is 16.7. The molecular weight excluding hydrogens is 228 g/mol. The normalized spacial score (nSPS) is 6.82. The minimum Gasteiger partial charge on any atom is -0.724 e. The Hall–Kier alpha value is -2.75. The lowest BCUT2D eigenvalue weighted by atomic mass is 10.3. The summed E-state index contributed by atoms with van der Waals surface area (Å²) in [5.41, 5.74) is 0. The molecular formula is C10H7N2O5-3. The lowest BCUT2D eigenvalue weighted by Crippen LogP contribution is -2.28. The summed E-state index contributed by atoms with van der Waals surface area (Å²) in [5.74, 6) is -0.675. The molecule has 7 heteroatoms. The van der Waals surface area contributed by atoms with E-state index in [4.69, 9.17) is 25.1 Å². The summed E-state index contributed by atoms with van der Waals surface area (Å²) in [6, 6.07) is 8.73. The fraction of sp³-hybridized carbons (Fsp3) is 0.100. The third kappa shape index (κ3) is 16.0. The van der Waals surface area contributed by atoms with Crippen LogP contribution in [0.15, 0.2) is 30.3 Å². The highest BCUT2D eigenvalue weighted by atomic mass is 16.5. The number of carbonyl (C=O) groups is 1. The van der Waals surface area contributed by atoms with Crippen molar-refractivity contribution >= 4 is 18.1 Å². The molecule has 1 aromatic carbocycles. The molecule has 0 aliphatic rings. The van der Waals surface area contributed by atoms with Gasteiger partial charge in [-0.15, -0.1) is 0 Å². The summed E-state index contributed by atoms with van der Waals surface area (Å²) in [5, 5.41) is 23.5. The first-order valence-corrected chi connectivity index (χ1v) is 4.02. The van der Waals surface area contributed by atoms with Crippen molar-refractivity contribution in [2.75, 3.05) is 6.61 Å². The topological polar surface area (TPSA) is 128 Å². The summed E-state index contributed by atoms with van der Waals surface area (Å²) in [6.07, 6.45) is 1.00. The molecule has 0 unspecified atom stereocenters. The van der Waals surface area contributed by atoms with E-state index >= 15 is 0 Å². The Morgan fingerprint density at radius 1 is 1.18 bits per heavy atom. The highest BCUT2D eigenvalue weighted by Crippen LogP contribution is 2.07. The predicted octanol–water partition coefficient (Wildman–Crippen LogP) is -0.402. The molecule has 1 aromatic rings. The quantitative estimate of drug-likeness (QED) is 0.519. The molecule has 0 spiro atoms. The maximum absolute atomic E-state index is 9.94. The molecule has 0 amide bonds. The molecule has 0 saturated carbocycles. The van der Waals surface area contributed by atoms with E-state index in [9.17, 15) is 9.90 Å². The Kier molecular flexibility index (Phi) is 13.0. The van der Waals surface area contributed by atoms with E-state index in [1.165, 1.54) is 0 Å². The molecule has 0 atom stereocenters. The molecule has 0 bridgehead atoms. The van der Waals surface area contributed by atoms with Crippen LogP contribution in [-0.4, -0.2) is 24.7 Å². The second-order valence-electron chi connectivity index (χ2n) is 2.16. The van der Waals surface area contributed by atoms with Crippen LogP contribution in [0.1, 0.15) is 0 Å². The smallest absolute Gasteiger partial charge is 0.128 e. The van der Waals surface area contributed by atoms with Gasteiger partial charge in [-0.3, -0.25) is 9.59 Å².